The lowest BCUT2D eigenvalue weighted by molar-refractivity contribution is 0.0527. The SMILES string of the molecule is CCOC(=O)c1csc(NC(=O)c2cc(OC)c(OC)cc2O)c1. The topological polar surface area (TPSA) is 94.1 Å². The first kappa shape index (κ1) is 17.6. The number of ether oxygens (including phenoxy) is 3. The Morgan fingerprint density at radius 3 is 2.46 bits per heavy atom. The smallest absolute Gasteiger partial charge is 0.339 e. The number of aromatic hydroxyl groups is 1. The lowest BCUT2D eigenvalue weighted by atomic mass is 10.1. The number of phenols is 1. The van der Waals surface area contributed by atoms with Gasteiger partial charge in [-0.25, -0.2) is 4.79 Å². The molecule has 7 nitrogen and oxygen atoms in total. The Hall–Kier alpha value is -2.74. The molecule has 1 aromatic heterocycles. The van der Waals surface area contributed by atoms with Gasteiger partial charge in [-0.05, 0) is 13.0 Å². The van der Waals surface area contributed by atoms with Crippen molar-refractivity contribution in [2.24, 2.45) is 0 Å². The number of anilines is 1. The van der Waals surface area contributed by atoms with Crippen LogP contribution in [0.3, 0.4) is 0 Å². The zero-order valence-corrected chi connectivity index (χ0v) is 14.2. The number of methoxy groups -OCH3 is 2. The Labute approximate surface area is 142 Å². The summed E-state index contributed by atoms with van der Waals surface area (Å²) in [5.41, 5.74) is 0.382. The first-order valence-electron chi connectivity index (χ1n) is 7.02. The number of carbonyl (C=O) groups is 2. The van der Waals surface area contributed by atoms with Gasteiger partial charge in [0, 0.05) is 17.5 Å². The molecule has 24 heavy (non-hydrogen) atoms. The van der Waals surface area contributed by atoms with Gasteiger partial charge in [0.2, 0.25) is 0 Å². The molecule has 0 unspecified atom stereocenters. The third kappa shape index (κ3) is 3.77. The number of amides is 1. The maximum atomic E-state index is 12.3. The van der Waals surface area contributed by atoms with Crippen molar-refractivity contribution in [3.63, 3.8) is 0 Å². The van der Waals surface area contributed by atoms with E-state index in [0.717, 1.165) is 0 Å². The zero-order chi connectivity index (χ0) is 17.7. The molecule has 0 bridgehead atoms. The minimum Gasteiger partial charge on any atom is -0.507 e. The molecule has 2 N–H and O–H groups in total. The summed E-state index contributed by atoms with van der Waals surface area (Å²) in [5.74, 6) is -0.604. The van der Waals surface area contributed by atoms with Crippen molar-refractivity contribution in [2.45, 2.75) is 6.92 Å². The van der Waals surface area contributed by atoms with Crippen LogP contribution in [0.25, 0.3) is 0 Å². The first-order valence-corrected chi connectivity index (χ1v) is 7.90. The molecule has 0 aliphatic rings. The molecule has 2 aromatic rings. The van der Waals surface area contributed by atoms with Gasteiger partial charge in [-0.15, -0.1) is 11.3 Å². The Balaban J connectivity index is 2.20. The van der Waals surface area contributed by atoms with E-state index in [4.69, 9.17) is 14.2 Å². The maximum absolute atomic E-state index is 12.3. The third-order valence-corrected chi connectivity index (χ3v) is 3.94. The van der Waals surface area contributed by atoms with Gasteiger partial charge in [0.05, 0.1) is 37.0 Å². The Kier molecular flexibility index (Phi) is 5.64. The predicted octanol–water partition coefficient (Wildman–Crippen LogP) is 2.90. The van der Waals surface area contributed by atoms with E-state index >= 15 is 0 Å². The van der Waals surface area contributed by atoms with E-state index in [0.29, 0.717) is 22.1 Å². The molecular formula is C16H17NO6S. The molecule has 0 aliphatic carbocycles. The Bertz CT molecular complexity index is 755. The van der Waals surface area contributed by atoms with Gasteiger partial charge in [-0.1, -0.05) is 0 Å². The number of hydrogen-bond acceptors (Lipinski definition) is 7. The van der Waals surface area contributed by atoms with Crippen molar-refractivity contribution >= 4 is 28.2 Å². The molecule has 128 valence electrons. The summed E-state index contributed by atoms with van der Waals surface area (Å²) in [4.78, 5) is 24.0. The first-order chi connectivity index (χ1) is 11.5. The van der Waals surface area contributed by atoms with Gasteiger partial charge in [0.1, 0.15) is 5.75 Å². The van der Waals surface area contributed by atoms with Crippen molar-refractivity contribution in [1.82, 2.24) is 0 Å². The largest absolute Gasteiger partial charge is 0.507 e. The van der Waals surface area contributed by atoms with Crippen molar-refractivity contribution in [2.75, 3.05) is 26.1 Å². The van der Waals surface area contributed by atoms with Gasteiger partial charge in [0.15, 0.2) is 11.5 Å². The standard InChI is InChI=1S/C16H17NO6S/c1-4-23-16(20)9-5-14(24-8-9)17-15(19)10-6-12(21-2)13(22-3)7-11(10)18/h5-8,18H,4H2,1-3H3,(H,17,19). The summed E-state index contributed by atoms with van der Waals surface area (Å²) in [6.45, 7) is 1.99. The number of nitrogens with one attached hydrogen (secondary N) is 1. The van der Waals surface area contributed by atoms with Crippen LogP contribution in [0.5, 0.6) is 17.2 Å². The highest BCUT2D eigenvalue weighted by Crippen LogP contribution is 2.34. The quantitative estimate of drug-likeness (QED) is 0.777. The lowest BCUT2D eigenvalue weighted by Crippen LogP contribution is -2.11. The van der Waals surface area contributed by atoms with E-state index in [9.17, 15) is 14.7 Å². The average Bonchev–Trinajstić information content (AvgIpc) is 3.03. The Morgan fingerprint density at radius 1 is 1.17 bits per heavy atom. The number of hydrogen-bond donors (Lipinski definition) is 2. The van der Waals surface area contributed by atoms with Gasteiger partial charge >= 0.3 is 5.97 Å². The molecule has 0 spiro atoms. The summed E-state index contributed by atoms with van der Waals surface area (Å²) in [6, 6.07) is 4.19. The molecule has 0 atom stereocenters. The summed E-state index contributed by atoms with van der Waals surface area (Å²) in [7, 11) is 2.86. The molecule has 8 heteroatoms. The second-order valence-electron chi connectivity index (χ2n) is 4.60. The van der Waals surface area contributed by atoms with Crippen LogP contribution in [-0.4, -0.2) is 37.8 Å². The van der Waals surface area contributed by atoms with E-state index in [-0.39, 0.29) is 17.9 Å². The highest BCUT2D eigenvalue weighted by atomic mass is 32.1. The molecular weight excluding hydrogens is 334 g/mol. The summed E-state index contributed by atoms with van der Waals surface area (Å²) >= 11 is 1.18. The fourth-order valence-electron chi connectivity index (χ4n) is 1.95. The molecule has 0 aliphatic heterocycles. The number of thiophene rings is 1. The normalized spacial score (nSPS) is 10.1. The molecule has 2 rings (SSSR count). The maximum Gasteiger partial charge on any atom is 0.339 e. The number of rotatable bonds is 6. The second-order valence-corrected chi connectivity index (χ2v) is 5.51. The number of esters is 1. The van der Waals surface area contributed by atoms with Crippen LogP contribution in [-0.2, 0) is 4.74 Å². The average molecular weight is 351 g/mol. The van der Waals surface area contributed by atoms with Crippen molar-refractivity contribution in [3.8, 4) is 17.2 Å². The minimum absolute atomic E-state index is 0.0266. The lowest BCUT2D eigenvalue weighted by Gasteiger charge is -2.11. The predicted molar refractivity (Wildman–Crippen MR) is 89.4 cm³/mol. The molecule has 0 radical (unpaired) electrons. The van der Waals surface area contributed by atoms with Crippen molar-refractivity contribution in [1.29, 1.82) is 0 Å². The molecule has 0 saturated heterocycles. The van der Waals surface area contributed by atoms with Crippen LogP contribution in [0.4, 0.5) is 5.00 Å². The van der Waals surface area contributed by atoms with Gasteiger partial charge < -0.3 is 24.6 Å². The Morgan fingerprint density at radius 2 is 1.83 bits per heavy atom. The molecule has 0 saturated carbocycles. The highest BCUT2D eigenvalue weighted by Gasteiger charge is 2.18. The van der Waals surface area contributed by atoms with Crippen LogP contribution < -0.4 is 14.8 Å². The molecule has 1 heterocycles. The summed E-state index contributed by atoms with van der Waals surface area (Å²) < 4.78 is 15.1. The van der Waals surface area contributed by atoms with E-state index in [1.165, 1.54) is 43.8 Å². The van der Waals surface area contributed by atoms with Crippen LogP contribution in [0.1, 0.15) is 27.6 Å². The second kappa shape index (κ2) is 7.69. The fraction of sp³-hybridized carbons (Fsp3) is 0.250. The van der Waals surface area contributed by atoms with Crippen molar-refractivity contribution in [3.05, 3.63) is 34.7 Å². The van der Waals surface area contributed by atoms with Gasteiger partial charge in [-0.2, -0.15) is 0 Å². The number of benzene rings is 1. The fourth-order valence-corrected chi connectivity index (χ4v) is 2.72. The van der Waals surface area contributed by atoms with Crippen LogP contribution in [0.2, 0.25) is 0 Å². The number of phenolic OH excluding ortho intramolecular Hbond substituents is 1. The van der Waals surface area contributed by atoms with E-state index in [1.54, 1.807) is 12.3 Å². The van der Waals surface area contributed by atoms with E-state index in [2.05, 4.69) is 5.32 Å². The van der Waals surface area contributed by atoms with Crippen LogP contribution in [0.15, 0.2) is 23.6 Å². The van der Waals surface area contributed by atoms with E-state index < -0.39 is 11.9 Å². The minimum atomic E-state index is -0.536. The summed E-state index contributed by atoms with van der Waals surface area (Å²) in [5, 5.41) is 14.6. The molecule has 0 fully saturated rings. The molecule has 1 amide bonds. The van der Waals surface area contributed by atoms with E-state index in [1.807, 2.05) is 0 Å². The summed E-state index contributed by atoms with van der Waals surface area (Å²) in [6.07, 6.45) is 0. The molecule has 1 aromatic carbocycles. The van der Waals surface area contributed by atoms with Gasteiger partial charge in [0.25, 0.3) is 5.91 Å². The van der Waals surface area contributed by atoms with Crippen molar-refractivity contribution < 1.29 is 28.9 Å². The van der Waals surface area contributed by atoms with Crippen LogP contribution >= 0.6 is 11.3 Å². The number of carbonyl (C=O) groups excluding carboxylic acids is 2. The third-order valence-electron chi connectivity index (χ3n) is 3.09. The monoisotopic (exact) mass is 351 g/mol. The highest BCUT2D eigenvalue weighted by molar-refractivity contribution is 7.14. The van der Waals surface area contributed by atoms with Crippen LogP contribution in [0, 0.1) is 0 Å². The zero-order valence-electron chi connectivity index (χ0n) is 13.4. The van der Waals surface area contributed by atoms with Gasteiger partial charge in [-0.3, -0.25) is 4.79 Å².